The normalized spacial score (nSPS) is 31.5. The minimum absolute atomic E-state index is 0.0635. The first kappa shape index (κ1) is 14.6. The second-order valence-electron chi connectivity index (χ2n) is 6.26. The Hall–Kier alpha value is -0.770. The Morgan fingerprint density at radius 1 is 1.16 bits per heavy atom. The van der Waals surface area contributed by atoms with Crippen LogP contribution in [0, 0.1) is 17.8 Å². The lowest BCUT2D eigenvalue weighted by molar-refractivity contribution is 0.193. The zero-order chi connectivity index (χ0) is 13.7. The summed E-state index contributed by atoms with van der Waals surface area (Å²) in [5, 5.41) is 12.2. The molecule has 0 aromatic rings. The van der Waals surface area contributed by atoms with Gasteiger partial charge in [0.15, 0.2) is 0 Å². The predicted molar refractivity (Wildman–Crippen MR) is 75.9 cm³/mol. The number of nitrogens with zero attached hydrogens (tertiary/aromatic N) is 1. The van der Waals surface area contributed by atoms with Gasteiger partial charge in [0.2, 0.25) is 0 Å². The fraction of sp³-hybridized carbons (Fsp3) is 0.933. The van der Waals surface area contributed by atoms with E-state index in [1.165, 1.54) is 32.1 Å². The fourth-order valence-electron chi connectivity index (χ4n) is 3.35. The Morgan fingerprint density at radius 2 is 1.84 bits per heavy atom. The number of aliphatic hydroxyl groups is 1. The summed E-state index contributed by atoms with van der Waals surface area (Å²) in [5.74, 6) is 1.87. The zero-order valence-corrected chi connectivity index (χ0v) is 12.1. The van der Waals surface area contributed by atoms with Crippen molar-refractivity contribution in [3.8, 4) is 0 Å². The summed E-state index contributed by atoms with van der Waals surface area (Å²) < 4.78 is 0. The van der Waals surface area contributed by atoms with Gasteiger partial charge in [0, 0.05) is 32.2 Å². The van der Waals surface area contributed by atoms with E-state index in [0.29, 0.717) is 12.5 Å². The summed E-state index contributed by atoms with van der Waals surface area (Å²) >= 11 is 0. The van der Waals surface area contributed by atoms with E-state index in [-0.39, 0.29) is 18.6 Å². The van der Waals surface area contributed by atoms with Crippen LogP contribution in [-0.2, 0) is 0 Å². The Labute approximate surface area is 116 Å². The van der Waals surface area contributed by atoms with Crippen LogP contribution in [0.4, 0.5) is 4.79 Å². The molecule has 4 heteroatoms. The van der Waals surface area contributed by atoms with Gasteiger partial charge >= 0.3 is 6.03 Å². The number of carbonyl (C=O) groups excluding carboxylic acids is 1. The van der Waals surface area contributed by atoms with E-state index in [4.69, 9.17) is 5.11 Å². The Balaban J connectivity index is 1.64. The molecule has 0 radical (unpaired) electrons. The highest BCUT2D eigenvalue weighted by molar-refractivity contribution is 5.74. The molecule has 1 aliphatic carbocycles. The summed E-state index contributed by atoms with van der Waals surface area (Å²) in [6, 6.07) is 0.0635. The predicted octanol–water partition coefficient (Wildman–Crippen LogP) is 2.23. The molecule has 0 aromatic carbocycles. The highest BCUT2D eigenvalue weighted by atomic mass is 16.3. The van der Waals surface area contributed by atoms with Gasteiger partial charge < -0.3 is 15.3 Å². The van der Waals surface area contributed by atoms with Gasteiger partial charge in [-0.05, 0) is 31.1 Å². The van der Waals surface area contributed by atoms with E-state index in [1.54, 1.807) is 0 Å². The molecule has 19 heavy (non-hydrogen) atoms. The highest BCUT2D eigenvalue weighted by Gasteiger charge is 2.26. The minimum atomic E-state index is 0.0635. The quantitative estimate of drug-likeness (QED) is 0.821. The number of likely N-dealkylation sites (tertiary alicyclic amines) is 1. The number of carbonyl (C=O) groups is 1. The third kappa shape index (κ3) is 4.10. The van der Waals surface area contributed by atoms with Crippen molar-refractivity contribution in [3.05, 3.63) is 0 Å². The van der Waals surface area contributed by atoms with Crippen LogP contribution >= 0.6 is 0 Å². The lowest BCUT2D eigenvalue weighted by Gasteiger charge is -2.28. The van der Waals surface area contributed by atoms with Gasteiger partial charge in [0.25, 0.3) is 0 Å². The topological polar surface area (TPSA) is 52.6 Å². The van der Waals surface area contributed by atoms with Crippen molar-refractivity contribution in [1.29, 1.82) is 0 Å². The fourth-order valence-corrected chi connectivity index (χ4v) is 3.35. The second-order valence-corrected chi connectivity index (χ2v) is 6.26. The summed E-state index contributed by atoms with van der Waals surface area (Å²) in [6.45, 7) is 4.81. The second kappa shape index (κ2) is 7.13. The molecule has 2 N–H and O–H groups in total. The van der Waals surface area contributed by atoms with Crippen LogP contribution in [-0.4, -0.2) is 42.3 Å². The van der Waals surface area contributed by atoms with Crippen molar-refractivity contribution in [2.45, 2.75) is 45.4 Å². The monoisotopic (exact) mass is 268 g/mol. The number of hydrogen-bond donors (Lipinski definition) is 2. The van der Waals surface area contributed by atoms with Crippen molar-refractivity contribution in [3.63, 3.8) is 0 Å². The number of rotatable bonds is 4. The number of hydrogen-bond acceptors (Lipinski definition) is 2. The standard InChI is InChI=1S/C15H28N2O2/c1-2-12-3-5-13(6-4-12)9-16-15(19)17-8-7-14(10-17)11-18/h12-14,18H,2-11H2,1H3,(H,16,19). The van der Waals surface area contributed by atoms with Crippen molar-refractivity contribution >= 4 is 6.03 Å². The van der Waals surface area contributed by atoms with Gasteiger partial charge in [-0.15, -0.1) is 0 Å². The SMILES string of the molecule is CCC1CCC(CNC(=O)N2CCC(CO)C2)CC1. The molecule has 1 saturated heterocycles. The van der Waals surface area contributed by atoms with Gasteiger partial charge in [0.1, 0.15) is 0 Å². The highest BCUT2D eigenvalue weighted by Crippen LogP contribution is 2.30. The van der Waals surface area contributed by atoms with Crippen molar-refractivity contribution < 1.29 is 9.90 Å². The van der Waals surface area contributed by atoms with Crippen LogP contribution in [0.1, 0.15) is 45.4 Å². The first-order chi connectivity index (χ1) is 9.22. The molecule has 0 spiro atoms. The van der Waals surface area contributed by atoms with E-state index in [2.05, 4.69) is 12.2 Å². The third-order valence-electron chi connectivity index (χ3n) is 4.92. The first-order valence-corrected chi connectivity index (χ1v) is 7.86. The molecular formula is C15H28N2O2. The lowest BCUT2D eigenvalue weighted by atomic mass is 9.81. The molecule has 2 aliphatic rings. The van der Waals surface area contributed by atoms with Crippen molar-refractivity contribution in [2.75, 3.05) is 26.2 Å². The molecule has 1 aliphatic heterocycles. The average Bonchev–Trinajstić information content (AvgIpc) is 2.94. The maximum Gasteiger partial charge on any atom is 0.317 e. The molecule has 1 atom stereocenters. The molecule has 2 amide bonds. The summed E-state index contributed by atoms with van der Waals surface area (Å²) in [5.41, 5.74) is 0. The van der Waals surface area contributed by atoms with Crippen LogP contribution in [0.25, 0.3) is 0 Å². The van der Waals surface area contributed by atoms with Crippen LogP contribution in [0.3, 0.4) is 0 Å². The molecule has 1 heterocycles. The molecule has 1 saturated carbocycles. The van der Waals surface area contributed by atoms with Crippen LogP contribution in [0.2, 0.25) is 0 Å². The van der Waals surface area contributed by atoms with E-state index < -0.39 is 0 Å². The Kier molecular flexibility index (Phi) is 5.49. The Morgan fingerprint density at radius 3 is 2.42 bits per heavy atom. The number of aliphatic hydroxyl groups excluding tert-OH is 1. The average molecular weight is 268 g/mol. The molecule has 1 unspecified atom stereocenters. The smallest absolute Gasteiger partial charge is 0.317 e. The molecule has 4 nitrogen and oxygen atoms in total. The molecule has 0 bridgehead atoms. The maximum absolute atomic E-state index is 12.0. The van der Waals surface area contributed by atoms with Gasteiger partial charge in [0.05, 0.1) is 0 Å². The number of urea groups is 1. The molecule has 2 fully saturated rings. The summed E-state index contributed by atoms with van der Waals surface area (Å²) in [6.07, 6.45) is 7.41. The third-order valence-corrected chi connectivity index (χ3v) is 4.92. The van der Waals surface area contributed by atoms with E-state index in [0.717, 1.165) is 25.4 Å². The van der Waals surface area contributed by atoms with Gasteiger partial charge in [-0.25, -0.2) is 4.79 Å². The van der Waals surface area contributed by atoms with Crippen LogP contribution in [0.15, 0.2) is 0 Å². The first-order valence-electron chi connectivity index (χ1n) is 7.86. The molecule has 2 rings (SSSR count). The van der Waals surface area contributed by atoms with E-state index >= 15 is 0 Å². The van der Waals surface area contributed by atoms with E-state index in [1.807, 2.05) is 4.90 Å². The summed E-state index contributed by atoms with van der Waals surface area (Å²) in [4.78, 5) is 13.8. The van der Waals surface area contributed by atoms with Gasteiger partial charge in [-0.3, -0.25) is 0 Å². The van der Waals surface area contributed by atoms with Crippen molar-refractivity contribution in [2.24, 2.45) is 17.8 Å². The number of nitrogens with one attached hydrogen (secondary N) is 1. The van der Waals surface area contributed by atoms with Gasteiger partial charge in [-0.1, -0.05) is 26.2 Å². The lowest BCUT2D eigenvalue weighted by Crippen LogP contribution is -2.41. The largest absolute Gasteiger partial charge is 0.396 e. The van der Waals surface area contributed by atoms with Crippen LogP contribution < -0.4 is 5.32 Å². The molecule has 110 valence electrons. The van der Waals surface area contributed by atoms with Crippen LogP contribution in [0.5, 0.6) is 0 Å². The maximum atomic E-state index is 12.0. The van der Waals surface area contributed by atoms with E-state index in [9.17, 15) is 4.79 Å². The molecule has 0 aromatic heterocycles. The minimum Gasteiger partial charge on any atom is -0.396 e. The summed E-state index contributed by atoms with van der Waals surface area (Å²) in [7, 11) is 0. The number of amides is 2. The Bertz CT molecular complexity index is 288. The van der Waals surface area contributed by atoms with Crippen molar-refractivity contribution in [1.82, 2.24) is 10.2 Å². The van der Waals surface area contributed by atoms with Gasteiger partial charge in [-0.2, -0.15) is 0 Å². The zero-order valence-electron chi connectivity index (χ0n) is 12.1. The molecular weight excluding hydrogens is 240 g/mol.